The summed E-state index contributed by atoms with van der Waals surface area (Å²) in [6.07, 6.45) is 0.793. The number of nitrogens with two attached hydrogens (primary N) is 1. The summed E-state index contributed by atoms with van der Waals surface area (Å²) in [5.41, 5.74) is 11.6. The highest BCUT2D eigenvalue weighted by atomic mass is 16.5. The Bertz CT molecular complexity index is 793. The molecular formula is C19H20N2O2. The predicted molar refractivity (Wildman–Crippen MR) is 90.9 cm³/mol. The molecular weight excluding hydrogens is 288 g/mol. The van der Waals surface area contributed by atoms with Crippen LogP contribution in [0.2, 0.25) is 0 Å². The second kappa shape index (κ2) is 5.01. The van der Waals surface area contributed by atoms with Crippen molar-refractivity contribution in [2.75, 3.05) is 13.2 Å². The SMILES string of the molecule is Cc1cccc(C)c1-c1ccc2c(c1)CC1(COC(N)=N1)CO2. The van der Waals surface area contributed by atoms with Crippen molar-refractivity contribution < 1.29 is 9.47 Å². The van der Waals surface area contributed by atoms with Crippen LogP contribution in [0.5, 0.6) is 5.75 Å². The zero-order valence-corrected chi connectivity index (χ0v) is 13.4. The minimum atomic E-state index is -0.365. The normalized spacial score (nSPS) is 22.3. The van der Waals surface area contributed by atoms with E-state index in [0.29, 0.717) is 13.2 Å². The van der Waals surface area contributed by atoms with Gasteiger partial charge < -0.3 is 15.2 Å². The Kier molecular flexibility index (Phi) is 3.08. The summed E-state index contributed by atoms with van der Waals surface area (Å²) in [5.74, 6) is 0.936. The largest absolute Gasteiger partial charge is 0.491 e. The van der Waals surface area contributed by atoms with Gasteiger partial charge in [0.2, 0.25) is 0 Å². The van der Waals surface area contributed by atoms with Gasteiger partial charge in [-0.1, -0.05) is 24.3 Å². The molecule has 2 heterocycles. The van der Waals surface area contributed by atoms with Crippen molar-refractivity contribution in [3.63, 3.8) is 0 Å². The van der Waals surface area contributed by atoms with E-state index in [1.54, 1.807) is 0 Å². The highest BCUT2D eigenvalue weighted by Crippen LogP contribution is 2.37. The highest BCUT2D eigenvalue weighted by Gasteiger charge is 2.41. The molecule has 2 aliphatic rings. The Labute approximate surface area is 135 Å². The molecule has 2 aromatic carbocycles. The second-order valence-corrected chi connectivity index (χ2v) is 6.52. The zero-order valence-electron chi connectivity index (χ0n) is 13.4. The van der Waals surface area contributed by atoms with E-state index in [-0.39, 0.29) is 11.6 Å². The van der Waals surface area contributed by atoms with Gasteiger partial charge in [0.05, 0.1) is 0 Å². The minimum Gasteiger partial charge on any atom is -0.491 e. The molecule has 1 unspecified atom stereocenters. The molecule has 0 aliphatic carbocycles. The first-order valence-corrected chi connectivity index (χ1v) is 7.87. The number of aryl methyl sites for hydroxylation is 2. The Balaban J connectivity index is 1.76. The monoisotopic (exact) mass is 308 g/mol. The van der Waals surface area contributed by atoms with Crippen LogP contribution in [0.15, 0.2) is 41.4 Å². The topological polar surface area (TPSA) is 56.8 Å². The first kappa shape index (κ1) is 14.1. The van der Waals surface area contributed by atoms with Crippen molar-refractivity contribution in [3.8, 4) is 16.9 Å². The van der Waals surface area contributed by atoms with Gasteiger partial charge in [0, 0.05) is 6.42 Å². The van der Waals surface area contributed by atoms with Crippen molar-refractivity contribution >= 4 is 6.02 Å². The Morgan fingerprint density at radius 3 is 2.48 bits per heavy atom. The van der Waals surface area contributed by atoms with Crippen molar-refractivity contribution in [1.82, 2.24) is 0 Å². The fraction of sp³-hybridized carbons (Fsp3) is 0.316. The van der Waals surface area contributed by atoms with Crippen LogP contribution in [0.1, 0.15) is 16.7 Å². The first-order chi connectivity index (χ1) is 11.1. The molecule has 2 aliphatic heterocycles. The molecule has 2 aromatic rings. The van der Waals surface area contributed by atoms with Crippen LogP contribution in [-0.2, 0) is 11.2 Å². The fourth-order valence-corrected chi connectivity index (χ4v) is 3.57. The van der Waals surface area contributed by atoms with Gasteiger partial charge in [-0.2, -0.15) is 0 Å². The summed E-state index contributed by atoms with van der Waals surface area (Å²) in [6.45, 7) is 5.31. The molecule has 1 spiro atoms. The number of amidine groups is 1. The lowest BCUT2D eigenvalue weighted by molar-refractivity contribution is 0.153. The number of hydrogen-bond donors (Lipinski definition) is 1. The van der Waals surface area contributed by atoms with Crippen LogP contribution >= 0.6 is 0 Å². The summed E-state index contributed by atoms with van der Waals surface area (Å²) in [7, 11) is 0. The number of rotatable bonds is 1. The first-order valence-electron chi connectivity index (χ1n) is 7.87. The molecule has 0 bridgehead atoms. The third-order valence-corrected chi connectivity index (χ3v) is 4.68. The maximum atomic E-state index is 5.92. The Hall–Kier alpha value is -2.49. The molecule has 4 nitrogen and oxygen atoms in total. The summed E-state index contributed by atoms with van der Waals surface area (Å²) >= 11 is 0. The predicted octanol–water partition coefficient (Wildman–Crippen LogP) is 2.99. The lowest BCUT2D eigenvalue weighted by Crippen LogP contribution is -2.41. The van der Waals surface area contributed by atoms with Gasteiger partial charge in [0.25, 0.3) is 6.02 Å². The molecule has 0 saturated heterocycles. The van der Waals surface area contributed by atoms with Crippen molar-refractivity contribution in [1.29, 1.82) is 0 Å². The number of benzene rings is 2. The molecule has 4 rings (SSSR count). The molecule has 0 fully saturated rings. The zero-order chi connectivity index (χ0) is 16.0. The maximum absolute atomic E-state index is 5.92. The van der Waals surface area contributed by atoms with E-state index in [1.807, 2.05) is 0 Å². The van der Waals surface area contributed by atoms with Crippen LogP contribution in [-0.4, -0.2) is 24.8 Å². The van der Waals surface area contributed by atoms with E-state index in [9.17, 15) is 0 Å². The van der Waals surface area contributed by atoms with Crippen LogP contribution in [0, 0.1) is 13.8 Å². The van der Waals surface area contributed by atoms with Gasteiger partial charge in [-0.3, -0.25) is 0 Å². The number of aliphatic imine (C=N–C) groups is 1. The van der Waals surface area contributed by atoms with Gasteiger partial charge in [-0.25, -0.2) is 4.99 Å². The number of nitrogens with zero attached hydrogens (tertiary/aromatic N) is 1. The molecule has 118 valence electrons. The summed E-state index contributed by atoms with van der Waals surface area (Å²) < 4.78 is 11.3. The van der Waals surface area contributed by atoms with E-state index in [4.69, 9.17) is 15.2 Å². The lowest BCUT2D eigenvalue weighted by Gasteiger charge is -2.30. The average molecular weight is 308 g/mol. The van der Waals surface area contributed by atoms with Crippen LogP contribution in [0.4, 0.5) is 0 Å². The number of hydrogen-bond acceptors (Lipinski definition) is 4. The van der Waals surface area contributed by atoms with Gasteiger partial charge in [0.15, 0.2) is 0 Å². The maximum Gasteiger partial charge on any atom is 0.282 e. The van der Waals surface area contributed by atoms with Gasteiger partial charge in [-0.05, 0) is 53.8 Å². The summed E-state index contributed by atoms with van der Waals surface area (Å²) in [6, 6.07) is 13.1. The number of ether oxygens (including phenoxy) is 2. The van der Waals surface area contributed by atoms with E-state index >= 15 is 0 Å². The fourth-order valence-electron chi connectivity index (χ4n) is 3.57. The molecule has 0 radical (unpaired) electrons. The summed E-state index contributed by atoms with van der Waals surface area (Å²) in [5, 5.41) is 0. The van der Waals surface area contributed by atoms with Crippen molar-refractivity contribution in [3.05, 3.63) is 53.1 Å². The Morgan fingerprint density at radius 1 is 1.04 bits per heavy atom. The van der Waals surface area contributed by atoms with Gasteiger partial charge >= 0.3 is 0 Å². The molecule has 1 atom stereocenters. The quantitative estimate of drug-likeness (QED) is 0.881. The van der Waals surface area contributed by atoms with Gasteiger partial charge in [0.1, 0.15) is 24.5 Å². The molecule has 0 saturated carbocycles. The smallest absolute Gasteiger partial charge is 0.282 e. The third kappa shape index (κ3) is 2.34. The molecule has 0 aromatic heterocycles. The summed E-state index contributed by atoms with van der Waals surface area (Å²) in [4.78, 5) is 4.46. The van der Waals surface area contributed by atoms with E-state index in [1.165, 1.54) is 27.8 Å². The van der Waals surface area contributed by atoms with Crippen LogP contribution in [0.25, 0.3) is 11.1 Å². The second-order valence-electron chi connectivity index (χ2n) is 6.52. The number of fused-ring (bicyclic) bond motifs is 1. The molecule has 4 heteroatoms. The minimum absolute atomic E-state index is 0.267. The van der Waals surface area contributed by atoms with Crippen molar-refractivity contribution in [2.45, 2.75) is 25.8 Å². The molecule has 2 N–H and O–H groups in total. The van der Waals surface area contributed by atoms with E-state index < -0.39 is 0 Å². The van der Waals surface area contributed by atoms with Crippen molar-refractivity contribution in [2.24, 2.45) is 10.7 Å². The molecule has 0 amide bonds. The lowest BCUT2D eigenvalue weighted by atomic mass is 9.87. The average Bonchev–Trinajstić information content (AvgIpc) is 2.87. The van der Waals surface area contributed by atoms with E-state index in [2.05, 4.69) is 55.2 Å². The Morgan fingerprint density at radius 2 is 1.78 bits per heavy atom. The third-order valence-electron chi connectivity index (χ3n) is 4.68. The van der Waals surface area contributed by atoms with E-state index in [0.717, 1.165) is 12.2 Å². The van der Waals surface area contributed by atoms with Gasteiger partial charge in [-0.15, -0.1) is 0 Å². The highest BCUT2D eigenvalue weighted by molar-refractivity contribution is 5.75. The molecule has 23 heavy (non-hydrogen) atoms. The van der Waals surface area contributed by atoms with Crippen LogP contribution in [0.3, 0.4) is 0 Å². The standard InChI is InChI=1S/C19H20N2O2/c1-12-4-3-5-13(2)17(12)14-6-7-16-15(8-14)9-19(10-22-16)11-23-18(20)21-19/h3-8H,9-11H2,1-2H3,(H2,20,21). The van der Waals surface area contributed by atoms with Crippen LogP contribution < -0.4 is 10.5 Å².